The number of esters is 1. The second kappa shape index (κ2) is 11.2. The summed E-state index contributed by atoms with van der Waals surface area (Å²) in [5.41, 5.74) is 3.64. The van der Waals surface area contributed by atoms with Crippen LogP contribution in [0.4, 0.5) is 0 Å². The first kappa shape index (κ1) is 26.5. The molecule has 0 saturated heterocycles. The van der Waals surface area contributed by atoms with Crippen molar-refractivity contribution in [3.8, 4) is 17.2 Å². The molecule has 0 radical (unpaired) electrons. The van der Waals surface area contributed by atoms with Crippen LogP contribution < -0.4 is 9.47 Å². The van der Waals surface area contributed by atoms with E-state index in [1.165, 1.54) is 0 Å². The number of Topliss-reactive ketones (excluding diaryl/α,β-unsaturated/α-hetero) is 1. The van der Waals surface area contributed by atoms with Gasteiger partial charge in [0.05, 0.1) is 19.8 Å². The number of benzene rings is 2. The number of phenolic OH excluding ortho intramolecular Hbond substituents is 1. The number of nitrogens with zero attached hydrogens (tertiary/aromatic N) is 1. The molecule has 0 bridgehead atoms. The Morgan fingerprint density at radius 3 is 2.46 bits per heavy atom. The van der Waals surface area contributed by atoms with Crippen molar-refractivity contribution in [2.75, 3.05) is 13.7 Å². The van der Waals surface area contributed by atoms with Crippen LogP contribution in [-0.2, 0) is 14.3 Å². The summed E-state index contributed by atoms with van der Waals surface area (Å²) in [5, 5.41) is 10.3. The Morgan fingerprint density at radius 2 is 1.81 bits per heavy atom. The first-order valence-electron chi connectivity index (χ1n) is 12.9. The number of aromatic hydroxyl groups is 1. The molecule has 4 rings (SSSR count). The lowest BCUT2D eigenvalue weighted by molar-refractivity contribution is -0.151. The molecule has 0 fully saturated rings. The van der Waals surface area contributed by atoms with E-state index in [1.54, 1.807) is 25.3 Å². The van der Waals surface area contributed by atoms with Gasteiger partial charge in [0.1, 0.15) is 11.7 Å². The summed E-state index contributed by atoms with van der Waals surface area (Å²) in [6, 6.07) is 12.8. The first-order valence-corrected chi connectivity index (χ1v) is 12.9. The zero-order valence-electron chi connectivity index (χ0n) is 22.1. The summed E-state index contributed by atoms with van der Waals surface area (Å²) < 4.78 is 16.6. The number of allylic oxidation sites excluding steroid dienone is 2. The van der Waals surface area contributed by atoms with Gasteiger partial charge < -0.3 is 19.3 Å². The van der Waals surface area contributed by atoms with E-state index in [-0.39, 0.29) is 23.6 Å². The molecule has 0 spiro atoms. The molecule has 1 aliphatic carbocycles. The Balaban J connectivity index is 1.79. The van der Waals surface area contributed by atoms with E-state index in [2.05, 4.69) is 0 Å². The summed E-state index contributed by atoms with van der Waals surface area (Å²) in [6.07, 6.45) is 1.34. The van der Waals surface area contributed by atoms with Gasteiger partial charge >= 0.3 is 5.97 Å². The fourth-order valence-electron chi connectivity index (χ4n) is 5.19. The Morgan fingerprint density at radius 1 is 1.11 bits per heavy atom. The van der Waals surface area contributed by atoms with Gasteiger partial charge in [0.15, 0.2) is 17.3 Å². The molecule has 7 heteroatoms. The molecule has 2 aromatic carbocycles. The molecule has 1 aliphatic heterocycles. The highest BCUT2D eigenvalue weighted by atomic mass is 16.5. The van der Waals surface area contributed by atoms with Crippen LogP contribution in [0.1, 0.15) is 69.9 Å². The van der Waals surface area contributed by atoms with Crippen LogP contribution in [-0.4, -0.2) is 42.4 Å². The third-order valence-corrected chi connectivity index (χ3v) is 7.26. The predicted octanol–water partition coefficient (Wildman–Crippen LogP) is 5.72. The molecule has 1 N–H and O–H groups in total. The lowest BCUT2D eigenvalue weighted by atomic mass is 9.69. The molecule has 0 saturated carbocycles. The second-order valence-electron chi connectivity index (χ2n) is 9.69. The van der Waals surface area contributed by atoms with Gasteiger partial charge in [-0.05, 0) is 74.9 Å². The van der Waals surface area contributed by atoms with E-state index in [0.29, 0.717) is 54.2 Å². The molecule has 37 heavy (non-hydrogen) atoms. The molecule has 2 aromatic rings. The van der Waals surface area contributed by atoms with E-state index < -0.39 is 17.8 Å². The van der Waals surface area contributed by atoms with Gasteiger partial charge in [0.25, 0.3) is 0 Å². The average molecular weight is 506 g/mol. The molecular weight excluding hydrogens is 470 g/mol. The minimum atomic E-state index is -0.742. The molecule has 1 heterocycles. The predicted molar refractivity (Wildman–Crippen MR) is 141 cm³/mol. The quantitative estimate of drug-likeness (QED) is 0.462. The van der Waals surface area contributed by atoms with Crippen molar-refractivity contribution < 1.29 is 28.9 Å². The van der Waals surface area contributed by atoms with Gasteiger partial charge in [-0.25, -0.2) is 0 Å². The molecule has 0 amide bonds. The largest absolute Gasteiger partial charge is 0.504 e. The molecule has 196 valence electrons. The molecule has 0 aromatic heterocycles. The van der Waals surface area contributed by atoms with Crippen molar-refractivity contribution in [2.45, 2.75) is 64.9 Å². The summed E-state index contributed by atoms with van der Waals surface area (Å²) in [4.78, 5) is 32.0. The van der Waals surface area contributed by atoms with E-state index in [0.717, 1.165) is 11.3 Å². The van der Waals surface area contributed by atoms with Crippen LogP contribution in [0.3, 0.4) is 0 Å². The standard InChI is InChI=1S/C30H35NO6/c1-6-17(3)37-30(34)27-18(4)31-23-14-21(19-8-11-22(35-5)12-9-19)15-25(33)29(23)28(27)20-10-13-24(32)26(16-20)36-7-2/h8-13,16-17,21,27-28,32H,6-7,14-15H2,1-5H3/t17-,21-,27?,28+/m1/s1. The molecular formula is C30H35NO6. The fourth-order valence-corrected chi connectivity index (χ4v) is 5.19. The number of carbonyl (C=O) groups is 2. The van der Waals surface area contributed by atoms with Crippen LogP contribution in [0.2, 0.25) is 0 Å². The normalized spacial score (nSPS) is 22.1. The summed E-state index contributed by atoms with van der Waals surface area (Å²) >= 11 is 0. The number of hydrogen-bond donors (Lipinski definition) is 1. The number of aliphatic imine (C=N–C) groups is 1. The number of phenols is 1. The van der Waals surface area contributed by atoms with Crippen molar-refractivity contribution in [3.63, 3.8) is 0 Å². The minimum Gasteiger partial charge on any atom is -0.504 e. The van der Waals surface area contributed by atoms with Crippen molar-refractivity contribution >= 4 is 17.5 Å². The average Bonchev–Trinajstić information content (AvgIpc) is 2.89. The number of carbonyl (C=O) groups excluding carboxylic acids is 2. The Kier molecular flexibility index (Phi) is 8.00. The number of rotatable bonds is 8. The van der Waals surface area contributed by atoms with E-state index in [1.807, 2.05) is 52.0 Å². The molecule has 2 aliphatic rings. The van der Waals surface area contributed by atoms with Crippen LogP contribution in [0.5, 0.6) is 17.2 Å². The molecule has 7 nitrogen and oxygen atoms in total. The zero-order valence-corrected chi connectivity index (χ0v) is 22.1. The molecule has 1 unspecified atom stereocenters. The van der Waals surface area contributed by atoms with Crippen LogP contribution in [0, 0.1) is 5.92 Å². The fraction of sp³-hybridized carbons (Fsp3) is 0.433. The van der Waals surface area contributed by atoms with Crippen LogP contribution >= 0.6 is 0 Å². The number of ether oxygens (including phenoxy) is 3. The Bertz CT molecular complexity index is 1230. The number of methoxy groups -OCH3 is 1. The third kappa shape index (κ3) is 5.41. The van der Waals surface area contributed by atoms with E-state index in [9.17, 15) is 14.7 Å². The highest BCUT2D eigenvalue weighted by Crippen LogP contribution is 2.48. The van der Waals surface area contributed by atoms with Crippen molar-refractivity contribution in [1.29, 1.82) is 0 Å². The lowest BCUT2D eigenvalue weighted by Crippen LogP contribution is -2.39. The summed E-state index contributed by atoms with van der Waals surface area (Å²) in [5.74, 6) is -0.681. The highest BCUT2D eigenvalue weighted by molar-refractivity contribution is 6.09. The van der Waals surface area contributed by atoms with Gasteiger partial charge in [0, 0.05) is 29.3 Å². The zero-order chi connectivity index (χ0) is 26.7. The minimum absolute atomic E-state index is 0.00859. The Hall–Kier alpha value is -3.61. The second-order valence-corrected chi connectivity index (χ2v) is 9.69. The summed E-state index contributed by atoms with van der Waals surface area (Å²) in [6.45, 7) is 7.84. The Labute approximate surface area is 218 Å². The van der Waals surface area contributed by atoms with Gasteiger partial charge in [-0.2, -0.15) is 0 Å². The van der Waals surface area contributed by atoms with E-state index in [4.69, 9.17) is 19.2 Å². The number of ketones is 1. The topological polar surface area (TPSA) is 94.4 Å². The van der Waals surface area contributed by atoms with Gasteiger partial charge in [0.2, 0.25) is 0 Å². The van der Waals surface area contributed by atoms with Crippen molar-refractivity contribution in [3.05, 3.63) is 64.9 Å². The maximum atomic E-state index is 13.8. The summed E-state index contributed by atoms with van der Waals surface area (Å²) in [7, 11) is 1.62. The van der Waals surface area contributed by atoms with Crippen molar-refractivity contribution in [2.24, 2.45) is 10.9 Å². The van der Waals surface area contributed by atoms with Crippen molar-refractivity contribution in [1.82, 2.24) is 0 Å². The third-order valence-electron chi connectivity index (χ3n) is 7.26. The first-order chi connectivity index (χ1) is 17.8. The maximum Gasteiger partial charge on any atom is 0.315 e. The lowest BCUT2D eigenvalue weighted by Gasteiger charge is -2.37. The van der Waals surface area contributed by atoms with Gasteiger partial charge in [-0.1, -0.05) is 25.1 Å². The smallest absolute Gasteiger partial charge is 0.315 e. The van der Waals surface area contributed by atoms with Crippen LogP contribution in [0.15, 0.2) is 58.7 Å². The van der Waals surface area contributed by atoms with Crippen LogP contribution in [0.25, 0.3) is 0 Å². The maximum absolute atomic E-state index is 13.8. The van der Waals surface area contributed by atoms with Gasteiger partial charge in [-0.3, -0.25) is 14.6 Å². The number of hydrogen-bond acceptors (Lipinski definition) is 7. The molecule has 4 atom stereocenters. The van der Waals surface area contributed by atoms with Gasteiger partial charge in [-0.15, -0.1) is 0 Å². The highest BCUT2D eigenvalue weighted by Gasteiger charge is 2.45. The SMILES string of the molecule is CCOc1cc([C@@H]2C3=C(C[C@@H](c4ccc(OC)cc4)CC3=O)N=C(C)C2C(=O)O[C@H](C)CC)ccc1O. The monoisotopic (exact) mass is 505 g/mol. The van der Waals surface area contributed by atoms with E-state index >= 15 is 0 Å².